The van der Waals surface area contributed by atoms with E-state index in [1.54, 1.807) is 20.0 Å². The van der Waals surface area contributed by atoms with Gasteiger partial charge in [0.1, 0.15) is 17.6 Å². The number of aryl methyl sites for hydroxylation is 2. The third-order valence-electron chi connectivity index (χ3n) is 4.23. The highest BCUT2D eigenvalue weighted by molar-refractivity contribution is 5.37. The molecule has 1 aliphatic heterocycles. The van der Waals surface area contributed by atoms with Crippen LogP contribution in [0.3, 0.4) is 0 Å². The largest absolute Gasteiger partial charge is 0.434 e. The summed E-state index contributed by atoms with van der Waals surface area (Å²) in [7, 11) is 1.58. The molecule has 0 radical (unpaired) electrons. The highest BCUT2D eigenvalue weighted by Crippen LogP contribution is 2.32. The number of piperidine rings is 1. The van der Waals surface area contributed by atoms with Crippen molar-refractivity contribution in [1.29, 1.82) is 5.26 Å². The number of hydrogen-bond acceptors (Lipinski definition) is 5. The first-order valence-corrected chi connectivity index (χ1v) is 7.89. The average Bonchev–Trinajstić information content (AvgIpc) is 2.96. The Kier molecular flexibility index (Phi) is 4.37. The van der Waals surface area contributed by atoms with Crippen LogP contribution in [0, 0.1) is 18.3 Å². The predicted octanol–water partition coefficient (Wildman–Crippen LogP) is 2.79. The summed E-state index contributed by atoms with van der Waals surface area (Å²) in [6.07, 6.45) is -1.90. The molecule has 0 saturated carbocycles. The minimum absolute atomic E-state index is 0.149. The first-order valence-electron chi connectivity index (χ1n) is 7.89. The van der Waals surface area contributed by atoms with Gasteiger partial charge in [-0.3, -0.25) is 0 Å². The second kappa shape index (κ2) is 6.35. The fourth-order valence-electron chi connectivity index (χ4n) is 3.12. The number of imidazole rings is 1. The monoisotopic (exact) mass is 350 g/mol. The molecule has 0 unspecified atom stereocenters. The summed E-state index contributed by atoms with van der Waals surface area (Å²) in [4.78, 5) is 14.3. The molecule has 3 heterocycles. The normalized spacial score (nSPS) is 18.2. The van der Waals surface area contributed by atoms with Crippen LogP contribution in [0.15, 0.2) is 12.3 Å². The number of halogens is 3. The maximum atomic E-state index is 12.9. The molecule has 132 valence electrons. The molecule has 1 atom stereocenters. The van der Waals surface area contributed by atoms with Crippen molar-refractivity contribution in [2.24, 2.45) is 7.05 Å². The first kappa shape index (κ1) is 17.2. The van der Waals surface area contributed by atoms with Crippen LogP contribution in [0.1, 0.15) is 41.7 Å². The fourth-order valence-corrected chi connectivity index (χ4v) is 3.12. The van der Waals surface area contributed by atoms with Gasteiger partial charge >= 0.3 is 6.18 Å². The lowest BCUT2D eigenvalue weighted by Gasteiger charge is -2.32. The summed E-state index contributed by atoms with van der Waals surface area (Å²) in [5.74, 6) is 0.696. The van der Waals surface area contributed by atoms with Crippen LogP contribution in [0.2, 0.25) is 0 Å². The summed E-state index contributed by atoms with van der Waals surface area (Å²) in [5, 5.41) is 9.05. The van der Waals surface area contributed by atoms with Crippen LogP contribution >= 0.6 is 0 Å². The third kappa shape index (κ3) is 3.57. The standard InChI is InChI=1S/C16H17F3N6/c1-10-6-12(7-20)22-15(21-10)25-5-3-4-11(8-25)14-23-13(9-24(14)2)16(17,18)19/h6,9,11H,3-5,8H2,1-2H3/t11-/m0/s1. The molecule has 1 fully saturated rings. The van der Waals surface area contributed by atoms with Crippen LogP contribution < -0.4 is 4.90 Å². The van der Waals surface area contributed by atoms with Gasteiger partial charge in [-0.25, -0.2) is 15.0 Å². The molecular formula is C16H17F3N6. The zero-order valence-corrected chi connectivity index (χ0v) is 13.9. The lowest BCUT2D eigenvalue weighted by atomic mass is 9.97. The van der Waals surface area contributed by atoms with Gasteiger partial charge in [0.25, 0.3) is 0 Å². The van der Waals surface area contributed by atoms with E-state index in [4.69, 9.17) is 5.26 Å². The van der Waals surface area contributed by atoms with E-state index in [0.717, 1.165) is 19.0 Å². The van der Waals surface area contributed by atoms with E-state index in [-0.39, 0.29) is 11.6 Å². The van der Waals surface area contributed by atoms with E-state index < -0.39 is 11.9 Å². The van der Waals surface area contributed by atoms with Gasteiger partial charge in [-0.1, -0.05) is 0 Å². The molecule has 25 heavy (non-hydrogen) atoms. The Labute approximate surface area is 142 Å². The molecule has 0 aromatic carbocycles. The molecular weight excluding hydrogens is 333 g/mol. The second-order valence-corrected chi connectivity index (χ2v) is 6.18. The summed E-state index contributed by atoms with van der Waals surface area (Å²) in [6, 6.07) is 3.60. The molecule has 1 aliphatic rings. The third-order valence-corrected chi connectivity index (χ3v) is 4.23. The van der Waals surface area contributed by atoms with Crippen LogP contribution in [0.4, 0.5) is 19.1 Å². The van der Waals surface area contributed by atoms with Gasteiger partial charge in [0.2, 0.25) is 5.95 Å². The van der Waals surface area contributed by atoms with Gasteiger partial charge < -0.3 is 9.47 Å². The molecule has 3 rings (SSSR count). The maximum Gasteiger partial charge on any atom is 0.434 e. The van der Waals surface area contributed by atoms with Crippen molar-refractivity contribution in [3.05, 3.63) is 35.2 Å². The van der Waals surface area contributed by atoms with Crippen molar-refractivity contribution in [3.63, 3.8) is 0 Å². The summed E-state index contributed by atoms with van der Waals surface area (Å²) < 4.78 is 40.1. The highest BCUT2D eigenvalue weighted by atomic mass is 19.4. The van der Waals surface area contributed by atoms with Crippen molar-refractivity contribution in [2.45, 2.75) is 31.9 Å². The minimum Gasteiger partial charge on any atom is -0.340 e. The van der Waals surface area contributed by atoms with E-state index in [0.29, 0.717) is 30.6 Å². The highest BCUT2D eigenvalue weighted by Gasteiger charge is 2.36. The van der Waals surface area contributed by atoms with Crippen molar-refractivity contribution in [3.8, 4) is 6.07 Å². The average molecular weight is 350 g/mol. The van der Waals surface area contributed by atoms with Crippen molar-refractivity contribution in [1.82, 2.24) is 19.5 Å². The molecule has 1 saturated heterocycles. The van der Waals surface area contributed by atoms with Crippen LogP contribution in [0.5, 0.6) is 0 Å². The molecule has 0 amide bonds. The van der Waals surface area contributed by atoms with E-state index in [1.165, 1.54) is 4.57 Å². The topological polar surface area (TPSA) is 70.6 Å². The van der Waals surface area contributed by atoms with E-state index >= 15 is 0 Å². The summed E-state index contributed by atoms with van der Waals surface area (Å²) in [6.45, 7) is 2.94. The Balaban J connectivity index is 1.86. The molecule has 2 aromatic rings. The smallest absolute Gasteiger partial charge is 0.340 e. The Morgan fingerprint density at radius 1 is 1.28 bits per heavy atom. The second-order valence-electron chi connectivity index (χ2n) is 6.18. The van der Waals surface area contributed by atoms with Gasteiger partial charge in [0.15, 0.2) is 5.69 Å². The van der Waals surface area contributed by atoms with Gasteiger partial charge in [-0.2, -0.15) is 18.4 Å². The number of hydrogen-bond donors (Lipinski definition) is 0. The van der Waals surface area contributed by atoms with Gasteiger partial charge in [-0.05, 0) is 25.8 Å². The molecule has 2 aromatic heterocycles. The predicted molar refractivity (Wildman–Crippen MR) is 83.9 cm³/mol. The van der Waals surface area contributed by atoms with Crippen LogP contribution in [-0.2, 0) is 13.2 Å². The van der Waals surface area contributed by atoms with Crippen molar-refractivity contribution in [2.75, 3.05) is 18.0 Å². The van der Waals surface area contributed by atoms with Crippen molar-refractivity contribution >= 4 is 5.95 Å². The number of rotatable bonds is 2. The maximum absolute atomic E-state index is 12.9. The zero-order chi connectivity index (χ0) is 18.2. The number of nitrogens with zero attached hydrogens (tertiary/aromatic N) is 6. The molecule has 0 spiro atoms. The van der Waals surface area contributed by atoms with Crippen molar-refractivity contribution < 1.29 is 13.2 Å². The van der Waals surface area contributed by atoms with E-state index in [2.05, 4.69) is 15.0 Å². The molecule has 6 nitrogen and oxygen atoms in total. The Hall–Kier alpha value is -2.63. The molecule has 9 heteroatoms. The minimum atomic E-state index is -4.45. The van der Waals surface area contributed by atoms with E-state index in [9.17, 15) is 13.2 Å². The van der Waals surface area contributed by atoms with Gasteiger partial charge in [0.05, 0.1) is 0 Å². The number of nitriles is 1. The van der Waals surface area contributed by atoms with Gasteiger partial charge in [-0.15, -0.1) is 0 Å². The first-order chi connectivity index (χ1) is 11.8. The van der Waals surface area contributed by atoms with E-state index in [1.807, 2.05) is 11.0 Å². The Morgan fingerprint density at radius 3 is 2.68 bits per heavy atom. The fraction of sp³-hybridized carbons (Fsp3) is 0.500. The number of anilines is 1. The zero-order valence-electron chi connectivity index (χ0n) is 13.9. The number of aromatic nitrogens is 4. The summed E-state index contributed by atoms with van der Waals surface area (Å²) in [5.41, 5.74) is 0.0849. The Bertz CT molecular complexity index is 820. The SMILES string of the molecule is Cc1cc(C#N)nc(N2CCC[C@H](c3nc(C(F)(F)F)cn3C)C2)n1. The molecule has 0 bridgehead atoms. The lowest BCUT2D eigenvalue weighted by molar-refractivity contribution is -0.141. The van der Waals surface area contributed by atoms with Crippen LogP contribution in [-0.4, -0.2) is 32.6 Å². The Morgan fingerprint density at radius 2 is 2.04 bits per heavy atom. The quantitative estimate of drug-likeness (QED) is 0.833. The molecule has 0 aliphatic carbocycles. The van der Waals surface area contributed by atoms with Crippen LogP contribution in [0.25, 0.3) is 0 Å². The summed E-state index contributed by atoms with van der Waals surface area (Å²) >= 11 is 0. The van der Waals surface area contributed by atoms with Gasteiger partial charge in [0, 0.05) is 37.9 Å². The molecule has 0 N–H and O–H groups in total. The number of alkyl halides is 3. The lowest BCUT2D eigenvalue weighted by Crippen LogP contribution is -2.36.